The minimum absolute atomic E-state index is 0.177. The van der Waals surface area contributed by atoms with Crippen molar-refractivity contribution in [1.82, 2.24) is 14.8 Å². The van der Waals surface area contributed by atoms with Crippen LogP contribution in [-0.2, 0) is 14.9 Å². The minimum Gasteiger partial charge on any atom is -0.479 e. The molecule has 4 aromatic rings. The molecule has 0 spiro atoms. The standard InChI is InChI=1S/C27H27F4N3O3/c1-26(2,13-37-3)24-20(14-6-8-27(31,9-7-14)25(35)36)21-19(10-15-12-32-33-23(15)22(21)30)34(24)16-4-5-17(28)18(29)11-16/h4-5,10-12,14H,6-9,13H2,1-3H3,(H,32,33)(H,35,36). The fraction of sp³-hybridized carbons (Fsp3) is 0.407. The summed E-state index contributed by atoms with van der Waals surface area (Å²) in [6.45, 7) is 4.01. The molecule has 2 heterocycles. The number of ether oxygens (including phenoxy) is 1. The molecule has 0 bridgehead atoms. The van der Waals surface area contributed by atoms with Gasteiger partial charge in [0, 0.05) is 40.7 Å². The van der Waals surface area contributed by atoms with E-state index in [1.165, 1.54) is 19.4 Å². The third-order valence-corrected chi connectivity index (χ3v) is 7.52. The highest BCUT2D eigenvalue weighted by Crippen LogP contribution is 2.49. The molecule has 2 aromatic heterocycles. The van der Waals surface area contributed by atoms with Gasteiger partial charge in [-0.15, -0.1) is 0 Å². The average molecular weight is 518 g/mol. The van der Waals surface area contributed by atoms with Gasteiger partial charge in [0.25, 0.3) is 0 Å². The quantitative estimate of drug-likeness (QED) is 0.294. The van der Waals surface area contributed by atoms with Crippen molar-refractivity contribution in [3.05, 3.63) is 59.2 Å². The number of carbonyl (C=O) groups is 1. The molecule has 0 radical (unpaired) electrons. The van der Waals surface area contributed by atoms with Gasteiger partial charge in [0.15, 0.2) is 17.5 Å². The van der Waals surface area contributed by atoms with Crippen molar-refractivity contribution < 1.29 is 32.2 Å². The summed E-state index contributed by atoms with van der Waals surface area (Å²) in [7, 11) is 1.53. The number of rotatable bonds is 6. The Morgan fingerprint density at radius 1 is 1.22 bits per heavy atom. The molecule has 0 atom stereocenters. The fourth-order valence-electron chi connectivity index (χ4n) is 5.79. The molecule has 10 heteroatoms. The second-order valence-corrected chi connectivity index (χ2v) is 10.5. The number of H-pyrrole nitrogens is 1. The molecule has 37 heavy (non-hydrogen) atoms. The van der Waals surface area contributed by atoms with Crippen LogP contribution >= 0.6 is 0 Å². The lowest BCUT2D eigenvalue weighted by molar-refractivity contribution is -0.153. The number of methoxy groups -OCH3 is 1. The van der Waals surface area contributed by atoms with Gasteiger partial charge < -0.3 is 14.4 Å². The van der Waals surface area contributed by atoms with Crippen molar-refractivity contribution in [3.63, 3.8) is 0 Å². The topological polar surface area (TPSA) is 80.1 Å². The third kappa shape index (κ3) is 3.98. The molecule has 0 aliphatic heterocycles. The van der Waals surface area contributed by atoms with Crippen molar-refractivity contribution in [2.75, 3.05) is 13.7 Å². The van der Waals surface area contributed by atoms with Gasteiger partial charge in [-0.1, -0.05) is 13.8 Å². The van der Waals surface area contributed by atoms with Gasteiger partial charge in [0.1, 0.15) is 5.52 Å². The van der Waals surface area contributed by atoms with Crippen LogP contribution in [0.2, 0.25) is 0 Å². The van der Waals surface area contributed by atoms with Crippen LogP contribution in [0.3, 0.4) is 0 Å². The van der Waals surface area contributed by atoms with Crippen LogP contribution in [0.5, 0.6) is 0 Å². The van der Waals surface area contributed by atoms with Crippen molar-refractivity contribution in [3.8, 4) is 5.69 Å². The summed E-state index contributed by atoms with van der Waals surface area (Å²) in [5.74, 6) is -4.51. The molecule has 0 unspecified atom stereocenters. The van der Waals surface area contributed by atoms with Gasteiger partial charge in [0.05, 0.1) is 18.3 Å². The van der Waals surface area contributed by atoms with Gasteiger partial charge in [-0.3, -0.25) is 5.10 Å². The first kappa shape index (κ1) is 25.3. The minimum atomic E-state index is -2.34. The monoisotopic (exact) mass is 517 g/mol. The summed E-state index contributed by atoms with van der Waals surface area (Å²) in [5.41, 5.74) is -0.992. The van der Waals surface area contributed by atoms with Crippen LogP contribution in [0.15, 0.2) is 30.5 Å². The summed E-state index contributed by atoms with van der Waals surface area (Å²) in [6, 6.07) is 5.22. The smallest absolute Gasteiger partial charge is 0.341 e. The Balaban J connectivity index is 1.87. The lowest BCUT2D eigenvalue weighted by Crippen LogP contribution is -2.38. The zero-order chi connectivity index (χ0) is 26.7. The normalized spacial score (nSPS) is 20.7. The lowest BCUT2D eigenvalue weighted by Gasteiger charge is -2.34. The number of carboxylic acid groups (broad SMARTS) is 1. The van der Waals surface area contributed by atoms with E-state index in [1.807, 2.05) is 13.8 Å². The third-order valence-electron chi connectivity index (χ3n) is 7.52. The summed E-state index contributed by atoms with van der Waals surface area (Å²) in [5, 5.41) is 16.8. The molecule has 6 nitrogen and oxygen atoms in total. The Morgan fingerprint density at radius 3 is 2.54 bits per heavy atom. The number of aromatic nitrogens is 3. The number of fused-ring (bicyclic) bond motifs is 2. The van der Waals surface area contributed by atoms with Crippen LogP contribution in [0.1, 0.15) is 56.7 Å². The first-order valence-corrected chi connectivity index (χ1v) is 12.1. The van der Waals surface area contributed by atoms with E-state index in [9.17, 15) is 23.1 Å². The van der Waals surface area contributed by atoms with E-state index in [4.69, 9.17) is 4.74 Å². The summed E-state index contributed by atoms with van der Waals surface area (Å²) in [6.07, 6.45) is 1.39. The second kappa shape index (κ2) is 8.86. The van der Waals surface area contributed by atoms with Gasteiger partial charge in [-0.05, 0) is 55.4 Å². The molecule has 0 amide bonds. The Hall–Kier alpha value is -3.40. The van der Waals surface area contributed by atoms with Gasteiger partial charge in [-0.2, -0.15) is 5.10 Å². The number of hydrogen-bond acceptors (Lipinski definition) is 3. The highest BCUT2D eigenvalue weighted by molar-refractivity contribution is 6.00. The van der Waals surface area contributed by atoms with Crippen molar-refractivity contribution >= 4 is 27.8 Å². The van der Waals surface area contributed by atoms with Crippen molar-refractivity contribution in [2.24, 2.45) is 0 Å². The van der Waals surface area contributed by atoms with E-state index < -0.39 is 34.5 Å². The van der Waals surface area contributed by atoms with Crippen LogP contribution in [-0.4, -0.2) is 45.2 Å². The molecule has 0 saturated heterocycles. The molecule has 2 aromatic carbocycles. The summed E-state index contributed by atoms with van der Waals surface area (Å²) >= 11 is 0. The zero-order valence-electron chi connectivity index (χ0n) is 20.7. The Kier molecular flexibility index (Phi) is 6.05. The molecule has 5 rings (SSSR count). The highest BCUT2D eigenvalue weighted by Gasteiger charge is 2.45. The van der Waals surface area contributed by atoms with E-state index in [-0.39, 0.29) is 54.8 Å². The Bertz CT molecular complexity index is 1520. The molecule has 2 N–H and O–H groups in total. The number of nitrogens with zero attached hydrogens (tertiary/aromatic N) is 2. The van der Waals surface area contributed by atoms with E-state index in [2.05, 4.69) is 10.2 Å². The Morgan fingerprint density at radius 2 is 1.92 bits per heavy atom. The number of halogens is 4. The highest BCUT2D eigenvalue weighted by atomic mass is 19.2. The number of benzene rings is 2. The lowest BCUT2D eigenvalue weighted by atomic mass is 9.73. The average Bonchev–Trinajstić information content (AvgIpc) is 3.45. The van der Waals surface area contributed by atoms with Crippen LogP contribution in [0, 0.1) is 17.5 Å². The van der Waals surface area contributed by atoms with Crippen molar-refractivity contribution in [1.29, 1.82) is 0 Å². The predicted octanol–water partition coefficient (Wildman–Crippen LogP) is 6.30. The first-order valence-electron chi connectivity index (χ1n) is 12.1. The molecular weight excluding hydrogens is 490 g/mol. The molecule has 1 aliphatic rings. The fourth-order valence-corrected chi connectivity index (χ4v) is 5.79. The first-order chi connectivity index (χ1) is 17.5. The molecule has 1 aliphatic carbocycles. The zero-order valence-corrected chi connectivity index (χ0v) is 20.7. The van der Waals surface area contributed by atoms with Crippen LogP contribution < -0.4 is 0 Å². The van der Waals surface area contributed by atoms with Gasteiger partial charge >= 0.3 is 5.97 Å². The molecule has 1 saturated carbocycles. The van der Waals surface area contributed by atoms with E-state index in [1.54, 1.807) is 10.6 Å². The van der Waals surface area contributed by atoms with E-state index >= 15 is 4.39 Å². The Labute approximate surface area is 210 Å². The number of aliphatic carboxylic acids is 1. The summed E-state index contributed by atoms with van der Waals surface area (Å²) < 4.78 is 66.7. The van der Waals surface area contributed by atoms with Gasteiger partial charge in [-0.25, -0.2) is 22.4 Å². The predicted molar refractivity (Wildman–Crippen MR) is 130 cm³/mol. The second-order valence-electron chi connectivity index (χ2n) is 10.5. The number of nitrogens with one attached hydrogen (secondary N) is 1. The largest absolute Gasteiger partial charge is 0.479 e. The van der Waals surface area contributed by atoms with Crippen LogP contribution in [0.25, 0.3) is 27.5 Å². The number of aromatic amines is 1. The van der Waals surface area contributed by atoms with E-state index in [0.29, 0.717) is 22.2 Å². The number of carboxylic acids is 1. The molecule has 1 fully saturated rings. The number of hydrogen-bond donors (Lipinski definition) is 2. The maximum atomic E-state index is 16.2. The van der Waals surface area contributed by atoms with E-state index in [0.717, 1.165) is 12.1 Å². The number of alkyl halides is 1. The van der Waals surface area contributed by atoms with Crippen molar-refractivity contribution in [2.45, 2.75) is 56.5 Å². The SMILES string of the molecule is COCC(C)(C)c1c(C2CCC(F)(C(=O)O)CC2)c2c(F)c3[nH]ncc3cc2n1-c1ccc(F)c(F)c1. The van der Waals surface area contributed by atoms with Gasteiger partial charge in [0.2, 0.25) is 5.67 Å². The molecular formula is C27H27F4N3O3. The maximum Gasteiger partial charge on any atom is 0.341 e. The maximum absolute atomic E-state index is 16.2. The molecule has 196 valence electrons. The van der Waals surface area contributed by atoms with Crippen LogP contribution in [0.4, 0.5) is 17.6 Å². The summed E-state index contributed by atoms with van der Waals surface area (Å²) in [4.78, 5) is 11.5.